The summed E-state index contributed by atoms with van der Waals surface area (Å²) in [5.41, 5.74) is 2.42. The molecule has 0 aromatic heterocycles. The molecule has 0 aliphatic carbocycles. The van der Waals surface area contributed by atoms with Gasteiger partial charge in [0.25, 0.3) is 10.1 Å². The summed E-state index contributed by atoms with van der Waals surface area (Å²) in [4.78, 5) is 0.233. The number of benzene rings is 2. The number of rotatable bonds is 13. The molecule has 0 atom stereocenters. The smallest absolute Gasteiger partial charge is 0.266 e. The first-order valence-corrected chi connectivity index (χ1v) is 11.6. The van der Waals surface area contributed by atoms with Crippen LogP contribution in [0.25, 0.3) is 0 Å². The molecule has 4 heteroatoms. The van der Waals surface area contributed by atoms with Crippen LogP contribution in [0.15, 0.2) is 71.6 Å². The Bertz CT molecular complexity index is 794. The maximum atomic E-state index is 12.1. The van der Waals surface area contributed by atoms with Crippen LogP contribution in [-0.4, -0.2) is 15.0 Å². The third-order valence-electron chi connectivity index (χ3n) is 4.67. The summed E-state index contributed by atoms with van der Waals surface area (Å²) >= 11 is 0. The molecule has 0 fully saturated rings. The van der Waals surface area contributed by atoms with Gasteiger partial charge in [-0.3, -0.25) is 4.18 Å². The Labute approximate surface area is 170 Å². The molecular formula is C24H32O3S. The van der Waals surface area contributed by atoms with Crippen LogP contribution in [-0.2, 0) is 20.7 Å². The van der Waals surface area contributed by atoms with Crippen LogP contribution in [0, 0.1) is 6.92 Å². The van der Waals surface area contributed by atoms with Crippen molar-refractivity contribution in [1.82, 2.24) is 0 Å². The average Bonchev–Trinajstić information content (AvgIpc) is 2.70. The molecule has 0 unspecified atom stereocenters. The summed E-state index contributed by atoms with van der Waals surface area (Å²) < 4.78 is 29.3. The Morgan fingerprint density at radius 1 is 0.786 bits per heavy atom. The summed E-state index contributed by atoms with van der Waals surface area (Å²) in [5, 5.41) is 0. The lowest BCUT2D eigenvalue weighted by Crippen LogP contribution is -2.07. The molecule has 0 aliphatic heterocycles. The number of aryl methyl sites for hydroxylation is 2. The molecule has 3 nitrogen and oxygen atoms in total. The number of allylic oxidation sites excluding steroid dienone is 2. The van der Waals surface area contributed by atoms with Crippen LogP contribution in [0.5, 0.6) is 0 Å². The van der Waals surface area contributed by atoms with Crippen molar-refractivity contribution in [3.63, 3.8) is 0 Å². The zero-order chi connectivity index (χ0) is 20.1. The maximum Gasteiger partial charge on any atom is 0.296 e. The first-order valence-electron chi connectivity index (χ1n) is 10.2. The van der Waals surface area contributed by atoms with Crippen molar-refractivity contribution in [1.29, 1.82) is 0 Å². The minimum absolute atomic E-state index is 0.233. The third-order valence-corrected chi connectivity index (χ3v) is 6.00. The molecule has 0 bridgehead atoms. The van der Waals surface area contributed by atoms with Gasteiger partial charge in [0, 0.05) is 0 Å². The van der Waals surface area contributed by atoms with Crippen LogP contribution >= 0.6 is 0 Å². The van der Waals surface area contributed by atoms with E-state index >= 15 is 0 Å². The summed E-state index contributed by atoms with van der Waals surface area (Å²) in [6.45, 7) is 2.19. The highest BCUT2D eigenvalue weighted by molar-refractivity contribution is 7.86. The molecule has 0 aliphatic rings. The van der Waals surface area contributed by atoms with Crippen LogP contribution in [0.1, 0.15) is 56.1 Å². The van der Waals surface area contributed by atoms with Gasteiger partial charge in [0.05, 0.1) is 11.5 Å². The minimum atomic E-state index is -3.62. The zero-order valence-electron chi connectivity index (χ0n) is 16.8. The van der Waals surface area contributed by atoms with Gasteiger partial charge in [0.2, 0.25) is 0 Å². The van der Waals surface area contributed by atoms with Gasteiger partial charge >= 0.3 is 0 Å². The summed E-state index contributed by atoms with van der Waals surface area (Å²) in [6.07, 6.45) is 13.1. The number of hydrogen-bond donors (Lipinski definition) is 0. The Kier molecular flexibility index (Phi) is 10.0. The Morgan fingerprint density at radius 2 is 1.43 bits per heavy atom. The SMILES string of the molecule is Cc1ccc(S(=O)(=O)OCCCCCCCC=CCCc2ccccc2)cc1. The van der Waals surface area contributed by atoms with Crippen molar-refractivity contribution < 1.29 is 12.6 Å². The van der Waals surface area contributed by atoms with Gasteiger partial charge < -0.3 is 0 Å². The second kappa shape index (κ2) is 12.5. The van der Waals surface area contributed by atoms with E-state index in [4.69, 9.17) is 4.18 Å². The molecule has 0 radical (unpaired) electrons. The van der Waals surface area contributed by atoms with Crippen molar-refractivity contribution in [3.05, 3.63) is 77.9 Å². The third kappa shape index (κ3) is 8.85. The normalized spacial score (nSPS) is 11.9. The van der Waals surface area contributed by atoms with E-state index in [9.17, 15) is 8.42 Å². The summed E-state index contributed by atoms with van der Waals surface area (Å²) in [6, 6.07) is 17.3. The van der Waals surface area contributed by atoms with Crippen LogP contribution in [0.4, 0.5) is 0 Å². The fourth-order valence-corrected chi connectivity index (χ4v) is 3.91. The minimum Gasteiger partial charge on any atom is -0.266 e. The first-order chi connectivity index (χ1) is 13.6. The molecular weight excluding hydrogens is 368 g/mol. The molecule has 28 heavy (non-hydrogen) atoms. The van der Waals surface area contributed by atoms with E-state index in [1.165, 1.54) is 18.4 Å². The fourth-order valence-electron chi connectivity index (χ4n) is 2.97. The summed E-state index contributed by atoms with van der Waals surface area (Å²) in [5.74, 6) is 0. The van der Waals surface area contributed by atoms with Gasteiger partial charge in [-0.05, 0) is 56.7 Å². The first kappa shape index (κ1) is 22.4. The Morgan fingerprint density at radius 3 is 2.18 bits per heavy atom. The lowest BCUT2D eigenvalue weighted by Gasteiger charge is -2.06. The summed E-state index contributed by atoms with van der Waals surface area (Å²) in [7, 11) is -3.62. The Hall–Kier alpha value is -1.91. The van der Waals surface area contributed by atoms with Gasteiger partial charge in [0.1, 0.15) is 0 Å². The van der Waals surface area contributed by atoms with E-state index in [0.29, 0.717) is 0 Å². The predicted molar refractivity (Wildman–Crippen MR) is 116 cm³/mol. The molecule has 0 saturated carbocycles. The maximum absolute atomic E-state index is 12.1. The molecule has 0 spiro atoms. The molecule has 0 saturated heterocycles. The molecule has 152 valence electrons. The van der Waals surface area contributed by atoms with Crippen LogP contribution in [0.2, 0.25) is 0 Å². The molecule has 0 amide bonds. The highest BCUT2D eigenvalue weighted by atomic mass is 32.2. The molecule has 2 rings (SSSR count). The van der Waals surface area contributed by atoms with Crippen molar-refractivity contribution >= 4 is 10.1 Å². The van der Waals surface area contributed by atoms with Crippen molar-refractivity contribution in [2.24, 2.45) is 0 Å². The Balaban J connectivity index is 1.46. The van der Waals surface area contributed by atoms with Crippen LogP contribution < -0.4 is 0 Å². The standard InChI is InChI=1S/C24H32O3S/c1-22-17-19-24(20-18-22)28(25,26)27-21-13-8-6-4-2-3-5-7-10-14-23-15-11-9-12-16-23/h5,7,9,11-12,15-20H,2-4,6,8,10,13-14,21H2,1H3. The van der Waals surface area contributed by atoms with Crippen LogP contribution in [0.3, 0.4) is 0 Å². The predicted octanol–water partition coefficient (Wildman–Crippen LogP) is 6.23. The van der Waals surface area contributed by atoms with E-state index < -0.39 is 10.1 Å². The van der Waals surface area contributed by atoms with Crippen molar-refractivity contribution in [3.8, 4) is 0 Å². The van der Waals surface area contributed by atoms with Gasteiger partial charge in [-0.25, -0.2) is 0 Å². The van der Waals surface area contributed by atoms with Gasteiger partial charge in [-0.15, -0.1) is 0 Å². The van der Waals surface area contributed by atoms with Crippen molar-refractivity contribution in [2.45, 2.75) is 63.2 Å². The van der Waals surface area contributed by atoms with E-state index in [-0.39, 0.29) is 11.5 Å². The molecule has 2 aromatic rings. The lowest BCUT2D eigenvalue weighted by atomic mass is 10.1. The van der Waals surface area contributed by atoms with E-state index in [2.05, 4.69) is 42.5 Å². The topological polar surface area (TPSA) is 43.4 Å². The molecule has 0 heterocycles. The number of unbranched alkanes of at least 4 members (excludes halogenated alkanes) is 5. The van der Waals surface area contributed by atoms with E-state index in [0.717, 1.165) is 44.1 Å². The molecule has 2 aromatic carbocycles. The number of hydrogen-bond acceptors (Lipinski definition) is 3. The highest BCUT2D eigenvalue weighted by Gasteiger charge is 2.14. The quantitative estimate of drug-likeness (QED) is 0.227. The lowest BCUT2D eigenvalue weighted by molar-refractivity contribution is 0.306. The van der Waals surface area contributed by atoms with E-state index in [1.807, 2.05) is 6.92 Å². The largest absolute Gasteiger partial charge is 0.296 e. The molecule has 0 N–H and O–H groups in total. The van der Waals surface area contributed by atoms with Crippen molar-refractivity contribution in [2.75, 3.05) is 6.61 Å². The van der Waals surface area contributed by atoms with E-state index in [1.54, 1.807) is 24.3 Å². The van der Waals surface area contributed by atoms with Gasteiger partial charge in [0.15, 0.2) is 0 Å². The second-order valence-electron chi connectivity index (χ2n) is 7.14. The van der Waals surface area contributed by atoms with Gasteiger partial charge in [-0.2, -0.15) is 8.42 Å². The zero-order valence-corrected chi connectivity index (χ0v) is 17.7. The van der Waals surface area contributed by atoms with Gasteiger partial charge in [-0.1, -0.05) is 79.4 Å². The monoisotopic (exact) mass is 400 g/mol. The average molecular weight is 401 g/mol. The fraction of sp³-hybridized carbons (Fsp3) is 0.417. The second-order valence-corrected chi connectivity index (χ2v) is 8.76. The highest BCUT2D eigenvalue weighted by Crippen LogP contribution is 2.14.